The molecule has 1 saturated heterocycles. The van der Waals surface area contributed by atoms with Crippen molar-refractivity contribution < 1.29 is 9.13 Å². The van der Waals surface area contributed by atoms with Crippen molar-refractivity contribution in [2.45, 2.75) is 6.10 Å². The Bertz CT molecular complexity index is 55.7. The first-order valence-electron chi connectivity index (χ1n) is 2.32. The first-order chi connectivity index (χ1) is 3.43. The van der Waals surface area contributed by atoms with Gasteiger partial charge in [0.15, 0.2) is 6.86 Å². The second kappa shape index (κ2) is 2.23. The van der Waals surface area contributed by atoms with Gasteiger partial charge in [0, 0.05) is 13.1 Å². The molecule has 0 radical (unpaired) electrons. The standard InChI is InChI=1S/C4H8FNO/c5-3-7-4-1-6-2-4/h4,6H,1-3H2. The van der Waals surface area contributed by atoms with Crippen molar-refractivity contribution in [2.24, 2.45) is 0 Å². The molecular formula is C4H8FNO. The molecule has 0 aromatic carbocycles. The summed E-state index contributed by atoms with van der Waals surface area (Å²) in [4.78, 5) is 0. The average Bonchev–Trinajstić information content (AvgIpc) is 1.55. The van der Waals surface area contributed by atoms with Crippen LogP contribution in [-0.4, -0.2) is 26.1 Å². The fraction of sp³-hybridized carbons (Fsp3) is 1.00. The van der Waals surface area contributed by atoms with E-state index in [1.54, 1.807) is 0 Å². The molecule has 0 unspecified atom stereocenters. The van der Waals surface area contributed by atoms with Gasteiger partial charge in [0.25, 0.3) is 0 Å². The summed E-state index contributed by atoms with van der Waals surface area (Å²) in [5, 5.41) is 2.95. The topological polar surface area (TPSA) is 21.3 Å². The first kappa shape index (κ1) is 5.00. The molecule has 0 spiro atoms. The van der Waals surface area contributed by atoms with Crippen molar-refractivity contribution in [3.63, 3.8) is 0 Å². The van der Waals surface area contributed by atoms with E-state index in [0.29, 0.717) is 0 Å². The Morgan fingerprint density at radius 3 is 2.57 bits per heavy atom. The van der Waals surface area contributed by atoms with Gasteiger partial charge in [-0.05, 0) is 0 Å². The van der Waals surface area contributed by atoms with Crippen LogP contribution in [0, 0.1) is 0 Å². The van der Waals surface area contributed by atoms with E-state index in [-0.39, 0.29) is 6.10 Å². The lowest BCUT2D eigenvalue weighted by Gasteiger charge is -2.25. The van der Waals surface area contributed by atoms with Gasteiger partial charge in [-0.15, -0.1) is 0 Å². The lowest BCUT2D eigenvalue weighted by Crippen LogP contribution is -2.48. The van der Waals surface area contributed by atoms with Crippen LogP contribution in [0.2, 0.25) is 0 Å². The van der Waals surface area contributed by atoms with Crippen molar-refractivity contribution in [1.82, 2.24) is 5.32 Å². The summed E-state index contributed by atoms with van der Waals surface area (Å²) in [7, 11) is 0. The van der Waals surface area contributed by atoms with Gasteiger partial charge in [-0.3, -0.25) is 0 Å². The zero-order valence-corrected chi connectivity index (χ0v) is 3.98. The molecule has 1 rings (SSSR count). The Morgan fingerprint density at radius 1 is 1.71 bits per heavy atom. The van der Waals surface area contributed by atoms with Gasteiger partial charge in [0.05, 0.1) is 6.10 Å². The molecule has 0 bridgehead atoms. The van der Waals surface area contributed by atoms with Gasteiger partial charge in [0.2, 0.25) is 0 Å². The maximum absolute atomic E-state index is 11.2. The maximum Gasteiger partial charge on any atom is 0.188 e. The number of hydrogen-bond donors (Lipinski definition) is 1. The van der Waals surface area contributed by atoms with Crippen LogP contribution >= 0.6 is 0 Å². The van der Waals surface area contributed by atoms with Gasteiger partial charge in [0.1, 0.15) is 0 Å². The molecule has 1 aliphatic heterocycles. The van der Waals surface area contributed by atoms with Gasteiger partial charge < -0.3 is 10.1 Å². The predicted molar refractivity (Wildman–Crippen MR) is 23.7 cm³/mol. The van der Waals surface area contributed by atoms with Crippen LogP contribution in [0.15, 0.2) is 0 Å². The van der Waals surface area contributed by atoms with Crippen molar-refractivity contribution in [3.8, 4) is 0 Å². The van der Waals surface area contributed by atoms with Crippen LogP contribution in [0.5, 0.6) is 0 Å². The van der Waals surface area contributed by atoms with Crippen LogP contribution in [-0.2, 0) is 4.74 Å². The Kier molecular flexibility index (Phi) is 1.59. The Balaban J connectivity index is 1.93. The number of alkyl halides is 1. The maximum atomic E-state index is 11.2. The minimum Gasteiger partial charge on any atom is -0.345 e. The van der Waals surface area contributed by atoms with Gasteiger partial charge in [-0.25, -0.2) is 4.39 Å². The summed E-state index contributed by atoms with van der Waals surface area (Å²) in [5.41, 5.74) is 0. The summed E-state index contributed by atoms with van der Waals surface area (Å²) < 4.78 is 15.8. The molecule has 0 aromatic heterocycles. The SMILES string of the molecule is FCOC1CNC1. The molecule has 0 aromatic rings. The van der Waals surface area contributed by atoms with Crippen LogP contribution < -0.4 is 5.32 Å². The van der Waals surface area contributed by atoms with Crippen molar-refractivity contribution in [2.75, 3.05) is 20.0 Å². The summed E-state index contributed by atoms with van der Waals surface area (Å²) >= 11 is 0. The van der Waals surface area contributed by atoms with Gasteiger partial charge >= 0.3 is 0 Å². The highest BCUT2D eigenvalue weighted by atomic mass is 19.1. The van der Waals surface area contributed by atoms with E-state index in [0.717, 1.165) is 13.1 Å². The lowest BCUT2D eigenvalue weighted by molar-refractivity contribution is -0.0291. The summed E-state index contributed by atoms with van der Waals surface area (Å²) in [6, 6.07) is 0. The van der Waals surface area contributed by atoms with E-state index >= 15 is 0 Å². The molecule has 3 heteroatoms. The largest absolute Gasteiger partial charge is 0.345 e. The van der Waals surface area contributed by atoms with Gasteiger partial charge in [-0.1, -0.05) is 0 Å². The van der Waals surface area contributed by atoms with E-state index in [2.05, 4.69) is 10.1 Å². The number of halogens is 1. The summed E-state index contributed by atoms with van der Waals surface area (Å²) in [6.45, 7) is 0.972. The molecule has 0 amide bonds. The quantitative estimate of drug-likeness (QED) is 0.529. The molecule has 1 heterocycles. The van der Waals surface area contributed by atoms with E-state index in [1.807, 2.05) is 0 Å². The predicted octanol–water partition coefficient (Wildman–Crippen LogP) is -0.0982. The summed E-state index contributed by atoms with van der Waals surface area (Å²) in [6.07, 6.45) is 0.144. The zero-order valence-electron chi connectivity index (χ0n) is 3.98. The molecule has 1 N–H and O–H groups in total. The number of nitrogens with one attached hydrogen (secondary N) is 1. The minimum atomic E-state index is -0.646. The van der Waals surface area contributed by atoms with Crippen LogP contribution in [0.1, 0.15) is 0 Å². The first-order valence-corrected chi connectivity index (χ1v) is 2.32. The van der Waals surface area contributed by atoms with Crippen molar-refractivity contribution in [1.29, 1.82) is 0 Å². The molecule has 1 aliphatic rings. The smallest absolute Gasteiger partial charge is 0.188 e. The second-order valence-corrected chi connectivity index (χ2v) is 1.56. The normalized spacial score (nSPS) is 21.9. The zero-order chi connectivity index (χ0) is 5.11. The van der Waals surface area contributed by atoms with Crippen LogP contribution in [0.3, 0.4) is 0 Å². The average molecular weight is 105 g/mol. The summed E-state index contributed by atoms with van der Waals surface area (Å²) in [5.74, 6) is 0. The molecule has 7 heavy (non-hydrogen) atoms. The van der Waals surface area contributed by atoms with E-state index in [9.17, 15) is 4.39 Å². The third-order valence-electron chi connectivity index (χ3n) is 1.04. The third-order valence-corrected chi connectivity index (χ3v) is 1.04. The van der Waals surface area contributed by atoms with Crippen LogP contribution in [0.4, 0.5) is 4.39 Å². The van der Waals surface area contributed by atoms with Crippen molar-refractivity contribution >= 4 is 0 Å². The molecule has 42 valence electrons. The highest BCUT2D eigenvalue weighted by Gasteiger charge is 2.15. The van der Waals surface area contributed by atoms with Crippen molar-refractivity contribution in [3.05, 3.63) is 0 Å². The Morgan fingerprint density at radius 2 is 2.43 bits per heavy atom. The number of hydrogen-bond acceptors (Lipinski definition) is 2. The monoisotopic (exact) mass is 105 g/mol. The van der Waals surface area contributed by atoms with E-state index in [1.165, 1.54) is 0 Å². The minimum absolute atomic E-state index is 0.144. The molecule has 0 saturated carbocycles. The third kappa shape index (κ3) is 1.11. The van der Waals surface area contributed by atoms with Crippen LogP contribution in [0.25, 0.3) is 0 Å². The van der Waals surface area contributed by atoms with E-state index in [4.69, 9.17) is 0 Å². The highest BCUT2D eigenvalue weighted by molar-refractivity contribution is 4.73. The molecule has 0 atom stereocenters. The van der Waals surface area contributed by atoms with Gasteiger partial charge in [-0.2, -0.15) is 0 Å². The number of rotatable bonds is 2. The Hall–Kier alpha value is -0.150. The lowest BCUT2D eigenvalue weighted by atomic mass is 10.2. The number of ether oxygens (including phenoxy) is 1. The molecular weight excluding hydrogens is 97.0 g/mol. The Labute approximate surface area is 41.7 Å². The van der Waals surface area contributed by atoms with E-state index < -0.39 is 6.86 Å². The fourth-order valence-corrected chi connectivity index (χ4v) is 0.469. The highest BCUT2D eigenvalue weighted by Crippen LogP contribution is 1.96. The fourth-order valence-electron chi connectivity index (χ4n) is 0.469. The second-order valence-electron chi connectivity index (χ2n) is 1.56. The molecule has 2 nitrogen and oxygen atoms in total. The molecule has 0 aliphatic carbocycles. The molecule has 1 fully saturated rings.